The molecule has 0 unspecified atom stereocenters. The van der Waals surface area contributed by atoms with Crippen molar-refractivity contribution in [3.63, 3.8) is 0 Å². The lowest BCUT2D eigenvalue weighted by molar-refractivity contribution is 0.371. The number of nitrogens with zero attached hydrogens (tertiary/aromatic N) is 2. The van der Waals surface area contributed by atoms with Crippen molar-refractivity contribution in [1.82, 2.24) is 9.38 Å². The molecule has 0 saturated carbocycles. The number of imidazole rings is 1. The van der Waals surface area contributed by atoms with E-state index in [1.54, 1.807) is 22.6 Å². The molecule has 1 N–H and O–H groups in total. The summed E-state index contributed by atoms with van der Waals surface area (Å²) in [5.41, 5.74) is 2.32. The zero-order valence-corrected chi connectivity index (χ0v) is 15.5. The van der Waals surface area contributed by atoms with E-state index in [0.29, 0.717) is 18.8 Å². The van der Waals surface area contributed by atoms with E-state index < -0.39 is 0 Å². The highest BCUT2D eigenvalue weighted by molar-refractivity contribution is 14.1. The standard InChI is InChI=1S/C17H11IN2O3S/c1-23-13-7-9(6-10(18)15(13)21)8-14-16(22)20-12-5-3-2-4-11(12)19-17(20)24-14/h2-8,21H,1H3/b14-8-. The Kier molecular flexibility index (Phi) is 3.69. The first-order valence-electron chi connectivity index (χ1n) is 7.06. The Balaban J connectivity index is 1.97. The summed E-state index contributed by atoms with van der Waals surface area (Å²) < 4.78 is 8.06. The molecule has 0 spiro atoms. The predicted molar refractivity (Wildman–Crippen MR) is 103 cm³/mol. The number of hydrogen-bond acceptors (Lipinski definition) is 5. The quantitative estimate of drug-likeness (QED) is 0.478. The molecular formula is C17H11IN2O3S. The van der Waals surface area contributed by atoms with E-state index in [0.717, 1.165) is 16.6 Å². The number of halogens is 1. The predicted octanol–water partition coefficient (Wildman–Crippen LogP) is 2.78. The molecule has 4 rings (SSSR count). The zero-order valence-electron chi connectivity index (χ0n) is 12.5. The highest BCUT2D eigenvalue weighted by Gasteiger charge is 2.12. The Bertz CT molecular complexity index is 1200. The Labute approximate surface area is 154 Å². The van der Waals surface area contributed by atoms with Crippen LogP contribution in [-0.2, 0) is 0 Å². The summed E-state index contributed by atoms with van der Waals surface area (Å²) in [6, 6.07) is 11.1. The van der Waals surface area contributed by atoms with Gasteiger partial charge >= 0.3 is 0 Å². The third-order valence-corrected chi connectivity index (χ3v) is 5.50. The number of para-hydroxylation sites is 2. The van der Waals surface area contributed by atoms with Gasteiger partial charge in [0.25, 0.3) is 5.56 Å². The molecule has 0 atom stereocenters. The molecule has 4 aromatic rings. The molecule has 0 amide bonds. The lowest BCUT2D eigenvalue weighted by Crippen LogP contribution is -2.22. The molecule has 5 nitrogen and oxygen atoms in total. The number of fused-ring (bicyclic) bond motifs is 3. The van der Waals surface area contributed by atoms with Gasteiger partial charge in [0.1, 0.15) is 0 Å². The van der Waals surface area contributed by atoms with Gasteiger partial charge in [-0.25, -0.2) is 9.38 Å². The van der Waals surface area contributed by atoms with Crippen molar-refractivity contribution >= 4 is 56.0 Å². The summed E-state index contributed by atoms with van der Waals surface area (Å²) >= 11 is 3.38. The number of ether oxygens (including phenoxy) is 1. The van der Waals surface area contributed by atoms with E-state index in [2.05, 4.69) is 4.98 Å². The maximum absolute atomic E-state index is 12.7. The maximum Gasteiger partial charge on any atom is 0.274 e. The molecule has 2 aromatic heterocycles. The van der Waals surface area contributed by atoms with E-state index in [4.69, 9.17) is 4.74 Å². The molecular weight excluding hydrogens is 439 g/mol. The first-order chi connectivity index (χ1) is 11.6. The van der Waals surface area contributed by atoms with Crippen molar-refractivity contribution in [2.75, 3.05) is 7.11 Å². The number of hydrogen-bond donors (Lipinski definition) is 1. The Hall–Kier alpha value is -2.13. The number of aromatic nitrogens is 2. The molecule has 0 aliphatic rings. The largest absolute Gasteiger partial charge is 0.504 e. The normalized spacial score (nSPS) is 12.3. The summed E-state index contributed by atoms with van der Waals surface area (Å²) in [5, 5.41) is 9.92. The fourth-order valence-electron chi connectivity index (χ4n) is 2.60. The van der Waals surface area contributed by atoms with Gasteiger partial charge in [-0.15, -0.1) is 0 Å². The van der Waals surface area contributed by atoms with Crippen molar-refractivity contribution in [1.29, 1.82) is 0 Å². The van der Waals surface area contributed by atoms with Crippen LogP contribution in [0.4, 0.5) is 0 Å². The lowest BCUT2D eigenvalue weighted by Gasteiger charge is -2.06. The number of thiazole rings is 1. The highest BCUT2D eigenvalue weighted by Crippen LogP contribution is 2.32. The van der Waals surface area contributed by atoms with Crippen LogP contribution in [-0.4, -0.2) is 21.6 Å². The minimum Gasteiger partial charge on any atom is -0.504 e. The van der Waals surface area contributed by atoms with Gasteiger partial charge in [0, 0.05) is 0 Å². The minimum atomic E-state index is -0.0919. The number of phenolic OH excluding ortho intramolecular Hbond substituents is 1. The van der Waals surface area contributed by atoms with E-state index in [9.17, 15) is 9.90 Å². The lowest BCUT2D eigenvalue weighted by atomic mass is 10.2. The summed E-state index contributed by atoms with van der Waals surface area (Å²) in [6.45, 7) is 0. The van der Waals surface area contributed by atoms with Gasteiger partial charge in [-0.2, -0.15) is 0 Å². The van der Waals surface area contributed by atoms with Crippen LogP contribution in [0.3, 0.4) is 0 Å². The zero-order chi connectivity index (χ0) is 16.8. The second kappa shape index (κ2) is 5.75. The second-order valence-electron chi connectivity index (χ2n) is 5.19. The van der Waals surface area contributed by atoms with Crippen molar-refractivity contribution in [2.24, 2.45) is 0 Å². The third-order valence-electron chi connectivity index (χ3n) is 3.71. The minimum absolute atomic E-state index is 0.0919. The summed E-state index contributed by atoms with van der Waals surface area (Å²) in [4.78, 5) is 17.9. The van der Waals surface area contributed by atoms with E-state index in [1.165, 1.54) is 18.4 Å². The molecule has 24 heavy (non-hydrogen) atoms. The number of methoxy groups -OCH3 is 1. The van der Waals surface area contributed by atoms with Gasteiger partial charge in [-0.05, 0) is 58.5 Å². The van der Waals surface area contributed by atoms with Crippen LogP contribution in [0, 0.1) is 3.57 Å². The van der Waals surface area contributed by atoms with Crippen molar-refractivity contribution in [3.05, 3.63) is 60.4 Å². The van der Waals surface area contributed by atoms with Crippen LogP contribution in [0.25, 0.3) is 22.1 Å². The Morgan fingerprint density at radius 2 is 2.12 bits per heavy atom. The van der Waals surface area contributed by atoms with Crippen LogP contribution >= 0.6 is 33.9 Å². The van der Waals surface area contributed by atoms with Gasteiger partial charge < -0.3 is 9.84 Å². The number of benzene rings is 2. The van der Waals surface area contributed by atoms with Crippen LogP contribution in [0.5, 0.6) is 11.5 Å². The van der Waals surface area contributed by atoms with Gasteiger partial charge in [-0.3, -0.25) is 4.79 Å². The van der Waals surface area contributed by atoms with E-state index >= 15 is 0 Å². The molecule has 0 fully saturated rings. The topological polar surface area (TPSA) is 63.8 Å². The summed E-state index contributed by atoms with van der Waals surface area (Å²) in [6.07, 6.45) is 1.79. The molecule has 0 aliphatic carbocycles. The van der Waals surface area contributed by atoms with Crippen molar-refractivity contribution < 1.29 is 9.84 Å². The van der Waals surface area contributed by atoms with Gasteiger partial charge in [0.2, 0.25) is 0 Å². The maximum atomic E-state index is 12.7. The van der Waals surface area contributed by atoms with Gasteiger partial charge in [0.05, 0.1) is 26.2 Å². The monoisotopic (exact) mass is 450 g/mol. The van der Waals surface area contributed by atoms with Crippen LogP contribution in [0.15, 0.2) is 41.2 Å². The average molecular weight is 450 g/mol. The van der Waals surface area contributed by atoms with E-state index in [1.807, 2.05) is 46.9 Å². The molecule has 0 radical (unpaired) electrons. The fraction of sp³-hybridized carbons (Fsp3) is 0.0588. The first kappa shape index (κ1) is 15.4. The van der Waals surface area contributed by atoms with E-state index in [-0.39, 0.29) is 11.3 Å². The van der Waals surface area contributed by atoms with Crippen LogP contribution in [0.1, 0.15) is 5.56 Å². The Morgan fingerprint density at radius 3 is 2.92 bits per heavy atom. The smallest absolute Gasteiger partial charge is 0.274 e. The molecule has 2 heterocycles. The molecule has 2 aromatic carbocycles. The van der Waals surface area contributed by atoms with Gasteiger partial charge in [0.15, 0.2) is 16.5 Å². The Morgan fingerprint density at radius 1 is 1.33 bits per heavy atom. The van der Waals surface area contributed by atoms with Crippen LogP contribution in [0.2, 0.25) is 0 Å². The fourth-order valence-corrected chi connectivity index (χ4v) is 4.21. The van der Waals surface area contributed by atoms with Crippen molar-refractivity contribution in [2.45, 2.75) is 0 Å². The SMILES string of the molecule is COc1cc(/C=c2\sc3nc4ccccc4n3c2=O)cc(I)c1O. The number of rotatable bonds is 2. The third kappa shape index (κ3) is 2.35. The number of phenols is 1. The molecule has 0 saturated heterocycles. The summed E-state index contributed by atoms with van der Waals surface area (Å²) in [7, 11) is 1.50. The first-order valence-corrected chi connectivity index (χ1v) is 8.96. The number of aromatic hydroxyl groups is 1. The van der Waals surface area contributed by atoms with Crippen LogP contribution < -0.4 is 14.8 Å². The molecule has 0 aliphatic heterocycles. The summed E-state index contributed by atoms with van der Waals surface area (Å²) in [5.74, 6) is 0.483. The second-order valence-corrected chi connectivity index (χ2v) is 7.36. The highest BCUT2D eigenvalue weighted by atomic mass is 127. The molecule has 0 bridgehead atoms. The molecule has 120 valence electrons. The van der Waals surface area contributed by atoms with Gasteiger partial charge in [-0.1, -0.05) is 23.5 Å². The van der Waals surface area contributed by atoms with Crippen molar-refractivity contribution in [3.8, 4) is 11.5 Å². The average Bonchev–Trinajstić information content (AvgIpc) is 3.07. The molecule has 7 heteroatoms.